The molecular formula is C24H30N2O3S. The topological polar surface area (TPSA) is 57.7 Å². The summed E-state index contributed by atoms with van der Waals surface area (Å²) in [7, 11) is -1.43. The molecule has 160 valence electrons. The van der Waals surface area contributed by atoms with Gasteiger partial charge in [-0.2, -0.15) is 0 Å². The number of sulfone groups is 1. The van der Waals surface area contributed by atoms with Gasteiger partial charge in [0.1, 0.15) is 0 Å². The highest BCUT2D eigenvalue weighted by Crippen LogP contribution is 2.28. The Labute approximate surface area is 179 Å². The first-order valence-electron chi connectivity index (χ1n) is 10.8. The van der Waals surface area contributed by atoms with Crippen molar-refractivity contribution in [2.45, 2.75) is 56.5 Å². The zero-order valence-corrected chi connectivity index (χ0v) is 18.6. The Morgan fingerprint density at radius 1 is 1.07 bits per heavy atom. The van der Waals surface area contributed by atoms with E-state index in [-0.39, 0.29) is 24.1 Å². The molecule has 6 heteroatoms. The molecule has 0 radical (unpaired) electrons. The Morgan fingerprint density at radius 2 is 1.83 bits per heavy atom. The van der Waals surface area contributed by atoms with Crippen molar-refractivity contribution < 1.29 is 13.2 Å². The lowest BCUT2D eigenvalue weighted by Crippen LogP contribution is -2.43. The third-order valence-electron chi connectivity index (χ3n) is 6.47. The number of nitrogens with zero attached hydrogens (tertiary/aromatic N) is 2. The molecule has 30 heavy (non-hydrogen) atoms. The minimum Gasteiger partial charge on any atom is -0.372 e. The van der Waals surface area contributed by atoms with Gasteiger partial charge in [-0.15, -0.1) is 0 Å². The number of likely N-dealkylation sites (N-methyl/N-ethyl adjacent to an activating group) is 1. The van der Waals surface area contributed by atoms with E-state index in [1.807, 2.05) is 42.3 Å². The molecule has 5 nitrogen and oxygen atoms in total. The quantitative estimate of drug-likeness (QED) is 0.733. The maximum absolute atomic E-state index is 13.1. The number of fused-ring (bicyclic) bond motifs is 2. The smallest absolute Gasteiger partial charge is 0.224 e. The summed E-state index contributed by atoms with van der Waals surface area (Å²) in [6, 6.07) is 13.6. The molecule has 0 fully saturated rings. The minimum absolute atomic E-state index is 0.0157. The Morgan fingerprint density at radius 3 is 2.63 bits per heavy atom. The Bertz CT molecular complexity index is 1050. The molecule has 0 saturated heterocycles. The maximum atomic E-state index is 13.1. The van der Waals surface area contributed by atoms with Crippen molar-refractivity contribution in [3.8, 4) is 0 Å². The van der Waals surface area contributed by atoms with E-state index in [4.69, 9.17) is 0 Å². The maximum Gasteiger partial charge on any atom is 0.224 e. The van der Waals surface area contributed by atoms with Gasteiger partial charge in [-0.25, -0.2) is 8.42 Å². The molecule has 1 aliphatic heterocycles. The first kappa shape index (κ1) is 20.9. The summed E-state index contributed by atoms with van der Waals surface area (Å²) in [5, 5.41) is 0. The number of benzene rings is 2. The third-order valence-corrected chi connectivity index (χ3v) is 8.19. The highest BCUT2D eigenvalue weighted by molar-refractivity contribution is 7.91. The molecule has 4 rings (SSSR count). The number of rotatable bonds is 5. The second-order valence-electron chi connectivity index (χ2n) is 8.45. The monoisotopic (exact) mass is 426 g/mol. The summed E-state index contributed by atoms with van der Waals surface area (Å²) in [5.41, 5.74) is 4.63. The predicted octanol–water partition coefficient (Wildman–Crippen LogP) is 3.60. The van der Waals surface area contributed by atoms with Crippen molar-refractivity contribution >= 4 is 21.4 Å². The number of hydrogen-bond acceptors (Lipinski definition) is 4. The van der Waals surface area contributed by atoms with Gasteiger partial charge in [0.15, 0.2) is 9.84 Å². The lowest BCUT2D eigenvalue weighted by atomic mass is 10.1. The lowest BCUT2D eigenvalue weighted by molar-refractivity contribution is -0.133. The zero-order valence-electron chi connectivity index (χ0n) is 17.8. The second-order valence-corrected chi connectivity index (χ2v) is 10.6. The standard InChI is InChI=1S/C24H30N2O3S/c1-3-21-17-25(2)23-10-5-4-7-20(23)16-26(21)24(27)13-14-30(28,29)22-12-11-18-8-6-9-19(18)15-22/h4-5,7,10-12,15,21H,3,6,8-9,13-14,16-17H2,1-2H3/t21-/m0/s1. The molecule has 2 aromatic carbocycles. The second kappa shape index (κ2) is 8.42. The summed E-state index contributed by atoms with van der Waals surface area (Å²) in [4.78, 5) is 17.6. The van der Waals surface area contributed by atoms with Crippen molar-refractivity contribution in [1.82, 2.24) is 4.90 Å². The molecule has 1 atom stereocenters. The van der Waals surface area contributed by atoms with Crippen LogP contribution >= 0.6 is 0 Å². The molecule has 0 saturated carbocycles. The van der Waals surface area contributed by atoms with E-state index < -0.39 is 9.84 Å². The van der Waals surface area contributed by atoms with Gasteiger partial charge in [0.05, 0.1) is 10.6 Å². The number of para-hydroxylation sites is 1. The molecule has 2 aromatic rings. The highest BCUT2D eigenvalue weighted by atomic mass is 32.2. The van der Waals surface area contributed by atoms with Crippen LogP contribution in [-0.4, -0.2) is 44.6 Å². The van der Waals surface area contributed by atoms with Crippen molar-refractivity contribution in [1.29, 1.82) is 0 Å². The van der Waals surface area contributed by atoms with Crippen LogP contribution in [0.15, 0.2) is 47.4 Å². The SMILES string of the molecule is CC[C@H]1CN(C)c2ccccc2CN1C(=O)CCS(=O)(=O)c1ccc2c(c1)CCC2. The largest absolute Gasteiger partial charge is 0.372 e. The average molecular weight is 427 g/mol. The van der Waals surface area contributed by atoms with Gasteiger partial charge in [0.25, 0.3) is 0 Å². The van der Waals surface area contributed by atoms with Crippen LogP contribution < -0.4 is 4.90 Å². The number of anilines is 1. The molecule has 0 unspecified atom stereocenters. The first-order valence-corrected chi connectivity index (χ1v) is 12.5. The van der Waals surface area contributed by atoms with Crippen LogP contribution in [0.3, 0.4) is 0 Å². The normalized spacial score (nSPS) is 18.7. The third kappa shape index (κ3) is 4.10. The van der Waals surface area contributed by atoms with Crippen molar-refractivity contribution in [3.63, 3.8) is 0 Å². The van der Waals surface area contributed by atoms with E-state index in [1.54, 1.807) is 6.07 Å². The van der Waals surface area contributed by atoms with E-state index in [2.05, 4.69) is 17.9 Å². The fourth-order valence-electron chi connectivity index (χ4n) is 4.71. The van der Waals surface area contributed by atoms with E-state index in [0.717, 1.165) is 49.0 Å². The van der Waals surface area contributed by atoms with Crippen molar-refractivity contribution in [3.05, 3.63) is 59.2 Å². The van der Waals surface area contributed by atoms with E-state index in [0.29, 0.717) is 11.4 Å². The van der Waals surface area contributed by atoms with Gasteiger partial charge in [0, 0.05) is 38.3 Å². The van der Waals surface area contributed by atoms with Crippen LogP contribution in [0.5, 0.6) is 0 Å². The van der Waals surface area contributed by atoms with Crippen molar-refractivity contribution in [2.24, 2.45) is 0 Å². The summed E-state index contributed by atoms with van der Waals surface area (Å²) in [5.74, 6) is -0.230. The van der Waals surface area contributed by atoms with Crippen LogP contribution in [0.4, 0.5) is 5.69 Å². The molecule has 1 heterocycles. The first-order chi connectivity index (χ1) is 14.4. The predicted molar refractivity (Wildman–Crippen MR) is 119 cm³/mol. The molecule has 0 aromatic heterocycles. The van der Waals surface area contributed by atoms with Gasteiger partial charge >= 0.3 is 0 Å². The summed E-state index contributed by atoms with van der Waals surface area (Å²) >= 11 is 0. The van der Waals surface area contributed by atoms with Gasteiger partial charge in [-0.1, -0.05) is 31.2 Å². The summed E-state index contributed by atoms with van der Waals surface area (Å²) in [6.07, 6.45) is 3.90. The van der Waals surface area contributed by atoms with Gasteiger partial charge in [0.2, 0.25) is 5.91 Å². The van der Waals surface area contributed by atoms with Crippen molar-refractivity contribution in [2.75, 3.05) is 24.2 Å². The zero-order chi connectivity index (χ0) is 21.3. The number of carbonyl (C=O) groups is 1. The van der Waals surface area contributed by atoms with Crippen LogP contribution in [0.1, 0.15) is 42.9 Å². The summed E-state index contributed by atoms with van der Waals surface area (Å²) in [6.45, 7) is 3.35. The molecule has 1 amide bonds. The Kier molecular flexibility index (Phi) is 5.87. The molecule has 0 bridgehead atoms. The molecule has 2 aliphatic rings. The van der Waals surface area contributed by atoms with Crippen LogP contribution in [0.2, 0.25) is 0 Å². The van der Waals surface area contributed by atoms with E-state index >= 15 is 0 Å². The minimum atomic E-state index is -3.48. The Hall–Kier alpha value is -2.34. The highest BCUT2D eigenvalue weighted by Gasteiger charge is 2.29. The van der Waals surface area contributed by atoms with Gasteiger partial charge in [-0.3, -0.25) is 4.79 Å². The van der Waals surface area contributed by atoms with E-state index in [9.17, 15) is 13.2 Å². The number of hydrogen-bond donors (Lipinski definition) is 0. The van der Waals surface area contributed by atoms with Crippen LogP contribution in [0, 0.1) is 0 Å². The van der Waals surface area contributed by atoms with E-state index in [1.165, 1.54) is 5.56 Å². The van der Waals surface area contributed by atoms with Gasteiger partial charge < -0.3 is 9.80 Å². The van der Waals surface area contributed by atoms with Crippen LogP contribution in [-0.2, 0) is 34.0 Å². The fraction of sp³-hybridized carbons (Fsp3) is 0.458. The Balaban J connectivity index is 1.50. The fourth-order valence-corrected chi connectivity index (χ4v) is 5.98. The molecule has 0 spiro atoms. The number of aryl methyl sites for hydroxylation is 2. The van der Waals surface area contributed by atoms with Gasteiger partial charge in [-0.05, 0) is 60.6 Å². The molecule has 0 N–H and O–H groups in total. The molecular weight excluding hydrogens is 396 g/mol. The number of carbonyl (C=O) groups excluding carboxylic acids is 1. The lowest BCUT2D eigenvalue weighted by Gasteiger charge is -2.30. The van der Waals surface area contributed by atoms with Crippen LogP contribution in [0.25, 0.3) is 0 Å². The molecule has 1 aliphatic carbocycles. The average Bonchev–Trinajstić information content (AvgIpc) is 3.17. The number of amides is 1. The summed E-state index contributed by atoms with van der Waals surface area (Å²) < 4.78 is 25.8.